The highest BCUT2D eigenvalue weighted by Crippen LogP contribution is 2.10. The molecule has 25 heavy (non-hydrogen) atoms. The number of allylic oxidation sites excluding steroid dienone is 9. The van der Waals surface area contributed by atoms with Crippen molar-refractivity contribution in [3.05, 3.63) is 60.8 Å². The Labute approximate surface area is 155 Å². The number of ether oxygens (including phenoxy) is 1. The van der Waals surface area contributed by atoms with Crippen LogP contribution in [-0.2, 0) is 9.53 Å². The van der Waals surface area contributed by atoms with Gasteiger partial charge in [-0.15, -0.1) is 0 Å². The number of esters is 1. The second-order valence-electron chi connectivity index (χ2n) is 6.08. The number of hydrogen-bond acceptors (Lipinski definition) is 2. The van der Waals surface area contributed by atoms with Crippen molar-refractivity contribution in [2.45, 2.75) is 71.1 Å². The molecule has 0 amide bonds. The molecule has 0 aliphatic rings. The molecule has 0 aromatic heterocycles. The zero-order chi connectivity index (χ0) is 18.4. The van der Waals surface area contributed by atoms with Gasteiger partial charge in [0.2, 0.25) is 0 Å². The summed E-state index contributed by atoms with van der Waals surface area (Å²) in [6.07, 6.45) is 32.6. The summed E-state index contributed by atoms with van der Waals surface area (Å²) in [6, 6.07) is 0. The van der Waals surface area contributed by atoms with Crippen molar-refractivity contribution in [3.63, 3.8) is 0 Å². The molecule has 0 saturated heterocycles. The quantitative estimate of drug-likeness (QED) is 0.140. The standard InChI is InChI=1S/C23H36O2/c1-3-4-5-6-7-8-9-10-11-12-13-14-15-16-17-18-19-20-21-22-23(24)25-2/h13-22H,3-12H2,1-2H3. The van der Waals surface area contributed by atoms with E-state index in [0.717, 1.165) is 0 Å². The molecular weight excluding hydrogens is 308 g/mol. The van der Waals surface area contributed by atoms with Gasteiger partial charge in [0.05, 0.1) is 7.11 Å². The number of methoxy groups -OCH3 is 1. The summed E-state index contributed by atoms with van der Waals surface area (Å²) in [4.78, 5) is 10.8. The molecule has 0 atom stereocenters. The van der Waals surface area contributed by atoms with E-state index in [4.69, 9.17) is 0 Å². The van der Waals surface area contributed by atoms with Crippen molar-refractivity contribution in [2.24, 2.45) is 0 Å². The molecule has 0 aliphatic carbocycles. The fourth-order valence-corrected chi connectivity index (χ4v) is 2.33. The first-order chi connectivity index (χ1) is 12.3. The van der Waals surface area contributed by atoms with Crippen LogP contribution >= 0.6 is 0 Å². The predicted molar refractivity (Wildman–Crippen MR) is 110 cm³/mol. The Hall–Kier alpha value is -1.83. The topological polar surface area (TPSA) is 26.3 Å². The van der Waals surface area contributed by atoms with E-state index in [-0.39, 0.29) is 5.97 Å². The van der Waals surface area contributed by atoms with Crippen molar-refractivity contribution in [2.75, 3.05) is 7.11 Å². The van der Waals surface area contributed by atoms with E-state index in [1.54, 1.807) is 12.2 Å². The summed E-state index contributed by atoms with van der Waals surface area (Å²) >= 11 is 0. The maximum atomic E-state index is 10.8. The molecule has 0 heterocycles. The minimum absolute atomic E-state index is 0.342. The molecule has 2 nitrogen and oxygen atoms in total. The van der Waals surface area contributed by atoms with Gasteiger partial charge in [-0.05, 0) is 12.8 Å². The first kappa shape index (κ1) is 23.2. The van der Waals surface area contributed by atoms with Crippen LogP contribution in [0.15, 0.2) is 60.8 Å². The van der Waals surface area contributed by atoms with Crippen molar-refractivity contribution in [1.82, 2.24) is 0 Å². The van der Waals surface area contributed by atoms with E-state index in [1.807, 2.05) is 30.4 Å². The van der Waals surface area contributed by atoms with Crippen LogP contribution in [0.2, 0.25) is 0 Å². The Bertz CT molecular complexity index is 439. The van der Waals surface area contributed by atoms with Crippen molar-refractivity contribution in [1.29, 1.82) is 0 Å². The lowest BCUT2D eigenvalue weighted by Gasteiger charge is -2.00. The molecule has 0 saturated carbocycles. The molecule has 0 rings (SSSR count). The molecule has 0 aliphatic heterocycles. The molecule has 0 N–H and O–H groups in total. The van der Waals surface area contributed by atoms with Gasteiger partial charge in [0.1, 0.15) is 0 Å². The predicted octanol–water partition coefficient (Wildman–Crippen LogP) is 6.86. The second-order valence-corrected chi connectivity index (χ2v) is 6.08. The van der Waals surface area contributed by atoms with Crippen LogP contribution in [0.1, 0.15) is 71.1 Å². The summed E-state index contributed by atoms with van der Waals surface area (Å²) in [5, 5.41) is 0. The number of carbonyl (C=O) groups excluding carboxylic acids is 1. The van der Waals surface area contributed by atoms with Crippen LogP contribution in [0, 0.1) is 0 Å². The zero-order valence-electron chi connectivity index (χ0n) is 16.2. The lowest BCUT2D eigenvalue weighted by atomic mass is 10.1. The van der Waals surface area contributed by atoms with E-state index >= 15 is 0 Å². The lowest BCUT2D eigenvalue weighted by Crippen LogP contribution is -1.92. The zero-order valence-corrected chi connectivity index (χ0v) is 16.2. The van der Waals surface area contributed by atoms with Crippen LogP contribution < -0.4 is 0 Å². The molecule has 2 heteroatoms. The van der Waals surface area contributed by atoms with Gasteiger partial charge in [-0.1, -0.05) is 113 Å². The van der Waals surface area contributed by atoms with E-state index in [1.165, 1.54) is 77.4 Å². The normalized spacial score (nSPS) is 12.6. The Morgan fingerprint density at radius 1 is 0.680 bits per heavy atom. The van der Waals surface area contributed by atoms with Crippen molar-refractivity contribution in [3.8, 4) is 0 Å². The minimum atomic E-state index is -0.342. The maximum absolute atomic E-state index is 10.8. The number of rotatable bonds is 15. The van der Waals surface area contributed by atoms with Crippen LogP contribution in [0.4, 0.5) is 0 Å². The highest BCUT2D eigenvalue weighted by Gasteiger charge is 1.90. The van der Waals surface area contributed by atoms with Gasteiger partial charge in [0, 0.05) is 6.08 Å². The fourth-order valence-electron chi connectivity index (χ4n) is 2.33. The molecule has 0 fully saturated rings. The third-order valence-corrected chi connectivity index (χ3v) is 3.82. The third-order valence-electron chi connectivity index (χ3n) is 3.82. The minimum Gasteiger partial charge on any atom is -0.466 e. The molecule has 0 bridgehead atoms. The molecule has 140 valence electrons. The van der Waals surface area contributed by atoms with E-state index < -0.39 is 0 Å². The van der Waals surface area contributed by atoms with E-state index in [9.17, 15) is 4.79 Å². The van der Waals surface area contributed by atoms with Gasteiger partial charge in [0.15, 0.2) is 0 Å². The monoisotopic (exact) mass is 344 g/mol. The summed E-state index contributed by atoms with van der Waals surface area (Å²) in [7, 11) is 1.37. The highest BCUT2D eigenvalue weighted by atomic mass is 16.5. The Kier molecular flexibility index (Phi) is 18.7. The van der Waals surface area contributed by atoms with Gasteiger partial charge in [-0.2, -0.15) is 0 Å². The molecule has 0 aromatic rings. The van der Waals surface area contributed by atoms with Crippen LogP contribution in [-0.4, -0.2) is 13.1 Å². The first-order valence-corrected chi connectivity index (χ1v) is 9.72. The molecule has 0 radical (unpaired) electrons. The molecular formula is C23H36O2. The van der Waals surface area contributed by atoms with E-state index in [0.29, 0.717) is 0 Å². The van der Waals surface area contributed by atoms with Gasteiger partial charge < -0.3 is 4.74 Å². The van der Waals surface area contributed by atoms with Crippen LogP contribution in [0.5, 0.6) is 0 Å². The molecule has 0 unspecified atom stereocenters. The summed E-state index contributed by atoms with van der Waals surface area (Å²) < 4.78 is 4.49. The lowest BCUT2D eigenvalue weighted by molar-refractivity contribution is -0.134. The highest BCUT2D eigenvalue weighted by molar-refractivity contribution is 5.82. The van der Waals surface area contributed by atoms with Crippen molar-refractivity contribution >= 4 is 5.97 Å². The SMILES string of the molecule is CCCCCCCCCCCC=CC=CC=CC=CC=CC(=O)OC. The number of unbranched alkanes of at least 4 members (excludes halogenated alkanes) is 9. The largest absolute Gasteiger partial charge is 0.466 e. The summed E-state index contributed by atoms with van der Waals surface area (Å²) in [5.74, 6) is -0.342. The van der Waals surface area contributed by atoms with E-state index in [2.05, 4.69) is 23.8 Å². The van der Waals surface area contributed by atoms with Crippen LogP contribution in [0.25, 0.3) is 0 Å². The fraction of sp³-hybridized carbons (Fsp3) is 0.522. The summed E-state index contributed by atoms with van der Waals surface area (Å²) in [6.45, 7) is 2.27. The third kappa shape index (κ3) is 20.1. The average Bonchev–Trinajstić information content (AvgIpc) is 2.63. The molecule has 0 aromatic carbocycles. The Morgan fingerprint density at radius 2 is 1.16 bits per heavy atom. The first-order valence-electron chi connectivity index (χ1n) is 9.72. The average molecular weight is 345 g/mol. The Balaban J connectivity index is 3.48. The summed E-state index contributed by atoms with van der Waals surface area (Å²) in [5.41, 5.74) is 0. The van der Waals surface area contributed by atoms with Gasteiger partial charge >= 0.3 is 5.97 Å². The smallest absolute Gasteiger partial charge is 0.330 e. The van der Waals surface area contributed by atoms with Crippen LogP contribution in [0.3, 0.4) is 0 Å². The van der Waals surface area contributed by atoms with Gasteiger partial charge in [0.25, 0.3) is 0 Å². The molecule has 0 spiro atoms. The number of hydrogen-bond donors (Lipinski definition) is 0. The van der Waals surface area contributed by atoms with Gasteiger partial charge in [-0.3, -0.25) is 0 Å². The van der Waals surface area contributed by atoms with Crippen molar-refractivity contribution < 1.29 is 9.53 Å². The Morgan fingerprint density at radius 3 is 1.72 bits per heavy atom. The number of carbonyl (C=O) groups is 1. The maximum Gasteiger partial charge on any atom is 0.330 e. The second kappa shape index (κ2) is 20.2. The van der Waals surface area contributed by atoms with Gasteiger partial charge in [-0.25, -0.2) is 4.79 Å².